The van der Waals surface area contributed by atoms with E-state index < -0.39 is 5.97 Å². The number of rotatable bonds is 4. The summed E-state index contributed by atoms with van der Waals surface area (Å²) in [4.78, 5) is 15.8. The van der Waals surface area contributed by atoms with Gasteiger partial charge in [0.25, 0.3) is 0 Å². The summed E-state index contributed by atoms with van der Waals surface area (Å²) in [6.45, 7) is 4.30. The summed E-state index contributed by atoms with van der Waals surface area (Å²) in [5.74, 6) is -0.347. The van der Waals surface area contributed by atoms with Crippen LogP contribution in [0.4, 0.5) is 0 Å². The number of aliphatic carboxylic acids is 1. The first-order chi connectivity index (χ1) is 8.58. The molecule has 0 aliphatic rings. The van der Waals surface area contributed by atoms with Crippen molar-refractivity contribution in [1.29, 1.82) is 0 Å². The van der Waals surface area contributed by atoms with Crippen LogP contribution < -0.4 is 0 Å². The van der Waals surface area contributed by atoms with E-state index in [0.29, 0.717) is 11.6 Å². The number of nitrogens with zero attached hydrogens (tertiary/aromatic N) is 1. The number of thiazole rings is 1. The van der Waals surface area contributed by atoms with Gasteiger partial charge in [-0.1, -0.05) is 38.1 Å². The SMILES string of the molecule is CC(C)c1ccc(-c2scnc2CC(=O)O)cc1. The molecule has 0 unspecified atom stereocenters. The third-order valence-electron chi connectivity index (χ3n) is 2.80. The van der Waals surface area contributed by atoms with E-state index in [9.17, 15) is 4.79 Å². The summed E-state index contributed by atoms with van der Waals surface area (Å²) in [5.41, 5.74) is 4.66. The Labute approximate surface area is 110 Å². The van der Waals surface area contributed by atoms with Crippen LogP contribution in [0.3, 0.4) is 0 Å². The summed E-state index contributed by atoms with van der Waals surface area (Å²) in [6, 6.07) is 8.25. The van der Waals surface area contributed by atoms with Crippen LogP contribution in [0.1, 0.15) is 31.0 Å². The van der Waals surface area contributed by atoms with Gasteiger partial charge in [-0.05, 0) is 17.0 Å². The molecular formula is C14H15NO2S. The van der Waals surface area contributed by atoms with Crippen molar-refractivity contribution in [3.05, 3.63) is 41.0 Å². The van der Waals surface area contributed by atoms with Crippen LogP contribution in [-0.2, 0) is 11.2 Å². The molecule has 0 saturated carbocycles. The number of aromatic nitrogens is 1. The average molecular weight is 261 g/mol. The van der Waals surface area contributed by atoms with Crippen LogP contribution >= 0.6 is 11.3 Å². The molecule has 1 heterocycles. The zero-order valence-corrected chi connectivity index (χ0v) is 11.2. The number of benzene rings is 1. The Morgan fingerprint density at radius 3 is 2.56 bits per heavy atom. The first-order valence-corrected chi connectivity index (χ1v) is 6.70. The minimum absolute atomic E-state index is 0.0231. The molecule has 0 amide bonds. The molecule has 4 heteroatoms. The summed E-state index contributed by atoms with van der Waals surface area (Å²) < 4.78 is 0. The zero-order chi connectivity index (χ0) is 13.1. The molecule has 2 aromatic rings. The minimum atomic E-state index is -0.846. The topological polar surface area (TPSA) is 50.2 Å². The number of hydrogen-bond acceptors (Lipinski definition) is 3. The predicted octanol–water partition coefficient (Wildman–Crippen LogP) is 3.56. The molecule has 0 saturated heterocycles. The highest BCUT2D eigenvalue weighted by Gasteiger charge is 2.12. The van der Waals surface area contributed by atoms with Gasteiger partial charge in [-0.15, -0.1) is 11.3 Å². The maximum atomic E-state index is 10.8. The quantitative estimate of drug-likeness (QED) is 0.915. The largest absolute Gasteiger partial charge is 0.481 e. The lowest BCUT2D eigenvalue weighted by molar-refractivity contribution is -0.136. The van der Waals surface area contributed by atoms with Crippen molar-refractivity contribution in [3.63, 3.8) is 0 Å². The van der Waals surface area contributed by atoms with E-state index in [1.807, 2.05) is 12.1 Å². The Balaban J connectivity index is 2.31. The van der Waals surface area contributed by atoms with Crippen molar-refractivity contribution >= 4 is 17.3 Å². The van der Waals surface area contributed by atoms with E-state index in [-0.39, 0.29) is 6.42 Å². The van der Waals surface area contributed by atoms with Crippen LogP contribution in [0.2, 0.25) is 0 Å². The van der Waals surface area contributed by atoms with Crippen LogP contribution in [0.5, 0.6) is 0 Å². The number of carboxylic acids is 1. The second-order valence-electron chi connectivity index (χ2n) is 4.48. The molecule has 0 bridgehead atoms. The lowest BCUT2D eigenvalue weighted by Crippen LogP contribution is -2.01. The van der Waals surface area contributed by atoms with Gasteiger partial charge in [0.05, 0.1) is 22.5 Å². The summed E-state index contributed by atoms with van der Waals surface area (Å²) in [5, 5.41) is 8.84. The van der Waals surface area contributed by atoms with Crippen LogP contribution in [0.25, 0.3) is 10.4 Å². The molecule has 2 rings (SSSR count). The van der Waals surface area contributed by atoms with Gasteiger partial charge in [0.2, 0.25) is 0 Å². The summed E-state index contributed by atoms with van der Waals surface area (Å²) in [7, 11) is 0. The highest BCUT2D eigenvalue weighted by Crippen LogP contribution is 2.29. The third-order valence-corrected chi connectivity index (χ3v) is 3.72. The molecule has 3 nitrogen and oxygen atoms in total. The molecule has 0 aliphatic carbocycles. The molecule has 1 N–H and O–H groups in total. The maximum absolute atomic E-state index is 10.8. The second-order valence-corrected chi connectivity index (χ2v) is 5.33. The Morgan fingerprint density at radius 1 is 1.33 bits per heavy atom. The van der Waals surface area contributed by atoms with Gasteiger partial charge in [-0.25, -0.2) is 4.98 Å². The van der Waals surface area contributed by atoms with Crippen molar-refractivity contribution in [2.75, 3.05) is 0 Å². The lowest BCUT2D eigenvalue weighted by Gasteiger charge is -2.06. The van der Waals surface area contributed by atoms with E-state index in [1.54, 1.807) is 5.51 Å². The van der Waals surface area contributed by atoms with E-state index in [2.05, 4.69) is 31.0 Å². The number of hydrogen-bond donors (Lipinski definition) is 1. The van der Waals surface area contributed by atoms with Gasteiger partial charge < -0.3 is 5.11 Å². The normalized spacial score (nSPS) is 10.8. The summed E-state index contributed by atoms with van der Waals surface area (Å²) in [6.07, 6.45) is -0.0231. The molecule has 0 aliphatic heterocycles. The number of carbonyl (C=O) groups is 1. The van der Waals surface area contributed by atoms with Gasteiger partial charge in [0.1, 0.15) is 0 Å². The molecule has 0 fully saturated rings. The van der Waals surface area contributed by atoms with Crippen molar-refractivity contribution < 1.29 is 9.90 Å². The van der Waals surface area contributed by atoms with E-state index in [0.717, 1.165) is 10.4 Å². The highest BCUT2D eigenvalue weighted by atomic mass is 32.1. The Bertz CT molecular complexity index is 543. The fraction of sp³-hybridized carbons (Fsp3) is 0.286. The fourth-order valence-corrected chi connectivity index (χ4v) is 2.61. The zero-order valence-electron chi connectivity index (χ0n) is 10.4. The average Bonchev–Trinajstić information content (AvgIpc) is 2.76. The van der Waals surface area contributed by atoms with Gasteiger partial charge in [0, 0.05) is 0 Å². The number of carboxylic acid groups (broad SMARTS) is 1. The van der Waals surface area contributed by atoms with Gasteiger partial charge in [-0.3, -0.25) is 4.79 Å². The van der Waals surface area contributed by atoms with Gasteiger partial charge in [0.15, 0.2) is 0 Å². The van der Waals surface area contributed by atoms with Crippen LogP contribution in [-0.4, -0.2) is 16.1 Å². The molecule has 1 aromatic carbocycles. The van der Waals surface area contributed by atoms with E-state index in [4.69, 9.17) is 5.11 Å². The van der Waals surface area contributed by atoms with Crippen LogP contribution in [0.15, 0.2) is 29.8 Å². The lowest BCUT2D eigenvalue weighted by atomic mass is 10.0. The summed E-state index contributed by atoms with van der Waals surface area (Å²) >= 11 is 1.48. The van der Waals surface area contributed by atoms with Gasteiger partial charge >= 0.3 is 5.97 Å². The van der Waals surface area contributed by atoms with Crippen molar-refractivity contribution in [2.24, 2.45) is 0 Å². The molecule has 94 valence electrons. The van der Waals surface area contributed by atoms with Gasteiger partial charge in [-0.2, -0.15) is 0 Å². The standard InChI is InChI=1S/C14H15NO2S/c1-9(2)10-3-5-11(6-4-10)14-12(7-13(16)17)15-8-18-14/h3-6,8-9H,7H2,1-2H3,(H,16,17). The molecule has 0 atom stereocenters. The first-order valence-electron chi connectivity index (χ1n) is 5.82. The Morgan fingerprint density at radius 2 is 2.00 bits per heavy atom. The van der Waals surface area contributed by atoms with Crippen molar-refractivity contribution in [2.45, 2.75) is 26.2 Å². The Hall–Kier alpha value is -1.68. The molecule has 18 heavy (non-hydrogen) atoms. The van der Waals surface area contributed by atoms with E-state index in [1.165, 1.54) is 16.9 Å². The van der Waals surface area contributed by atoms with Crippen molar-refractivity contribution in [3.8, 4) is 10.4 Å². The highest BCUT2D eigenvalue weighted by molar-refractivity contribution is 7.13. The second kappa shape index (κ2) is 5.31. The smallest absolute Gasteiger partial charge is 0.309 e. The molecular weight excluding hydrogens is 246 g/mol. The third kappa shape index (κ3) is 2.76. The first kappa shape index (κ1) is 12.8. The minimum Gasteiger partial charge on any atom is -0.481 e. The van der Waals surface area contributed by atoms with Crippen LogP contribution in [0, 0.1) is 0 Å². The fourth-order valence-electron chi connectivity index (χ4n) is 1.79. The van der Waals surface area contributed by atoms with E-state index >= 15 is 0 Å². The molecule has 1 aromatic heterocycles. The van der Waals surface area contributed by atoms with Crippen molar-refractivity contribution in [1.82, 2.24) is 4.98 Å². The maximum Gasteiger partial charge on any atom is 0.309 e. The monoisotopic (exact) mass is 261 g/mol. The molecule has 0 spiro atoms. The predicted molar refractivity (Wildman–Crippen MR) is 73.0 cm³/mol. The Kier molecular flexibility index (Phi) is 3.77. The molecule has 0 radical (unpaired) electrons.